The number of ether oxygens (including phenoxy) is 1. The van der Waals surface area contributed by atoms with E-state index < -0.39 is 0 Å². The molecule has 1 saturated heterocycles. The molecule has 1 aliphatic heterocycles. The van der Waals surface area contributed by atoms with E-state index in [1.807, 2.05) is 6.92 Å². The predicted molar refractivity (Wildman–Crippen MR) is 81.4 cm³/mol. The third-order valence-electron chi connectivity index (χ3n) is 3.41. The lowest BCUT2D eigenvalue weighted by atomic mass is 9.98. The number of hydrogen-bond donors (Lipinski definition) is 1. The first-order valence-corrected chi connectivity index (χ1v) is 7.29. The van der Waals surface area contributed by atoms with Crippen LogP contribution in [0.1, 0.15) is 26.7 Å². The molecule has 1 fully saturated rings. The second-order valence-corrected chi connectivity index (χ2v) is 5.51. The van der Waals surface area contributed by atoms with Crippen LogP contribution in [0.2, 0.25) is 0 Å². The van der Waals surface area contributed by atoms with Crippen molar-refractivity contribution in [1.29, 1.82) is 0 Å². The largest absolute Gasteiger partial charge is 0.492 e. The minimum Gasteiger partial charge on any atom is -0.492 e. The van der Waals surface area contributed by atoms with Crippen LogP contribution in [0.4, 0.5) is 5.69 Å². The zero-order chi connectivity index (χ0) is 16.1. The van der Waals surface area contributed by atoms with Gasteiger partial charge in [-0.25, -0.2) is 0 Å². The van der Waals surface area contributed by atoms with Crippen molar-refractivity contribution >= 4 is 23.4 Å². The van der Waals surface area contributed by atoms with E-state index in [4.69, 9.17) is 4.74 Å². The first kappa shape index (κ1) is 16.0. The van der Waals surface area contributed by atoms with Gasteiger partial charge >= 0.3 is 0 Å². The van der Waals surface area contributed by atoms with Gasteiger partial charge in [0.05, 0.1) is 6.54 Å². The molecule has 118 valence electrons. The molecule has 0 bridgehead atoms. The van der Waals surface area contributed by atoms with Crippen LogP contribution in [-0.2, 0) is 14.4 Å². The Hall–Kier alpha value is -2.37. The number of hydrogen-bond acceptors (Lipinski definition) is 4. The van der Waals surface area contributed by atoms with Gasteiger partial charge in [0, 0.05) is 25.5 Å². The van der Waals surface area contributed by atoms with Gasteiger partial charge in [-0.05, 0) is 30.2 Å². The van der Waals surface area contributed by atoms with E-state index in [0.717, 1.165) is 0 Å². The molecule has 1 aliphatic rings. The maximum Gasteiger partial charge on any atom is 0.229 e. The second kappa shape index (κ2) is 7.06. The van der Waals surface area contributed by atoms with E-state index in [9.17, 15) is 14.4 Å². The van der Waals surface area contributed by atoms with Gasteiger partial charge in [-0.2, -0.15) is 0 Å². The van der Waals surface area contributed by atoms with Crippen molar-refractivity contribution in [2.45, 2.75) is 26.7 Å². The summed E-state index contributed by atoms with van der Waals surface area (Å²) in [5, 5.41) is 2.66. The molecule has 0 saturated carbocycles. The average molecular weight is 304 g/mol. The summed E-state index contributed by atoms with van der Waals surface area (Å²) >= 11 is 0. The molecular formula is C16H20N2O4. The summed E-state index contributed by atoms with van der Waals surface area (Å²) in [5.41, 5.74) is 0.690. The third kappa shape index (κ3) is 4.31. The number of benzene rings is 1. The summed E-state index contributed by atoms with van der Waals surface area (Å²) in [6, 6.07) is 6.92. The first-order chi connectivity index (χ1) is 10.5. The number of anilines is 1. The van der Waals surface area contributed by atoms with E-state index in [2.05, 4.69) is 5.32 Å². The standard InChI is InChI=1S/C16H20N2O4/c1-11-9-15(20)18(16(21)10-11)7-8-22-14-5-3-13(4-6-14)17-12(2)19/h3-6,11H,7-10H2,1-2H3,(H,17,19). The average Bonchev–Trinajstić information content (AvgIpc) is 2.43. The number of carbonyl (C=O) groups is 3. The topological polar surface area (TPSA) is 75.7 Å². The van der Waals surface area contributed by atoms with Crippen molar-refractivity contribution in [2.24, 2.45) is 5.92 Å². The number of amides is 3. The molecule has 1 N–H and O–H groups in total. The molecule has 0 aromatic heterocycles. The highest BCUT2D eigenvalue weighted by atomic mass is 16.5. The Morgan fingerprint density at radius 3 is 2.36 bits per heavy atom. The van der Waals surface area contributed by atoms with Gasteiger partial charge in [0.1, 0.15) is 12.4 Å². The molecule has 0 spiro atoms. The minimum atomic E-state index is -0.134. The van der Waals surface area contributed by atoms with Crippen LogP contribution in [0.3, 0.4) is 0 Å². The van der Waals surface area contributed by atoms with Crippen molar-refractivity contribution in [1.82, 2.24) is 4.90 Å². The molecule has 1 aromatic rings. The molecule has 2 rings (SSSR count). The fourth-order valence-electron chi connectivity index (χ4n) is 2.37. The molecule has 3 amide bonds. The number of imide groups is 1. The number of likely N-dealkylation sites (tertiary alicyclic amines) is 1. The van der Waals surface area contributed by atoms with Crippen molar-refractivity contribution in [3.05, 3.63) is 24.3 Å². The molecule has 1 heterocycles. The van der Waals surface area contributed by atoms with Crippen LogP contribution in [0.25, 0.3) is 0 Å². The summed E-state index contributed by atoms with van der Waals surface area (Å²) in [7, 11) is 0. The Morgan fingerprint density at radius 1 is 1.23 bits per heavy atom. The number of nitrogens with one attached hydrogen (secondary N) is 1. The van der Waals surface area contributed by atoms with E-state index >= 15 is 0 Å². The Kier molecular flexibility index (Phi) is 5.14. The highest BCUT2D eigenvalue weighted by Crippen LogP contribution is 2.19. The van der Waals surface area contributed by atoms with Crippen LogP contribution < -0.4 is 10.1 Å². The van der Waals surface area contributed by atoms with E-state index in [0.29, 0.717) is 24.3 Å². The lowest BCUT2D eigenvalue weighted by Gasteiger charge is -2.28. The molecule has 0 aliphatic carbocycles. The van der Waals surface area contributed by atoms with Gasteiger partial charge in [0.15, 0.2) is 0 Å². The summed E-state index contributed by atoms with van der Waals surface area (Å²) in [6.07, 6.45) is 0.828. The highest BCUT2D eigenvalue weighted by molar-refractivity contribution is 5.97. The summed E-state index contributed by atoms with van der Waals surface area (Å²) in [6.45, 7) is 3.86. The molecule has 6 nitrogen and oxygen atoms in total. The van der Waals surface area contributed by atoms with Crippen molar-refractivity contribution < 1.29 is 19.1 Å². The molecule has 0 atom stereocenters. The fourth-order valence-corrected chi connectivity index (χ4v) is 2.37. The molecule has 1 aromatic carbocycles. The minimum absolute atomic E-state index is 0.124. The van der Waals surface area contributed by atoms with Crippen LogP contribution in [-0.4, -0.2) is 35.8 Å². The molecular weight excluding hydrogens is 284 g/mol. The van der Waals surface area contributed by atoms with Crippen LogP contribution in [0.15, 0.2) is 24.3 Å². The Morgan fingerprint density at radius 2 is 1.82 bits per heavy atom. The Labute approximate surface area is 129 Å². The monoisotopic (exact) mass is 304 g/mol. The maximum absolute atomic E-state index is 11.8. The van der Waals surface area contributed by atoms with Crippen LogP contribution in [0, 0.1) is 5.92 Å². The number of piperidine rings is 1. The van der Waals surface area contributed by atoms with E-state index in [-0.39, 0.29) is 36.8 Å². The lowest BCUT2D eigenvalue weighted by molar-refractivity contribution is -0.150. The number of rotatable bonds is 5. The first-order valence-electron chi connectivity index (χ1n) is 7.29. The molecule has 0 radical (unpaired) electrons. The van der Waals surface area contributed by atoms with E-state index in [1.165, 1.54) is 11.8 Å². The van der Waals surface area contributed by atoms with Gasteiger partial charge in [0.2, 0.25) is 17.7 Å². The van der Waals surface area contributed by atoms with Gasteiger partial charge < -0.3 is 10.1 Å². The van der Waals surface area contributed by atoms with E-state index in [1.54, 1.807) is 24.3 Å². The van der Waals surface area contributed by atoms with Crippen LogP contribution >= 0.6 is 0 Å². The Balaban J connectivity index is 1.82. The van der Waals surface area contributed by atoms with Crippen molar-refractivity contribution in [3.63, 3.8) is 0 Å². The molecule has 22 heavy (non-hydrogen) atoms. The SMILES string of the molecule is CC(=O)Nc1ccc(OCCN2C(=O)CC(C)CC2=O)cc1. The zero-order valence-electron chi connectivity index (χ0n) is 12.8. The lowest BCUT2D eigenvalue weighted by Crippen LogP contribution is -2.44. The fraction of sp³-hybridized carbons (Fsp3) is 0.438. The maximum atomic E-state index is 11.8. The summed E-state index contributed by atoms with van der Waals surface area (Å²) in [5.74, 6) is 0.351. The smallest absolute Gasteiger partial charge is 0.229 e. The Bertz CT molecular complexity index is 550. The third-order valence-corrected chi connectivity index (χ3v) is 3.41. The molecule has 6 heteroatoms. The quantitative estimate of drug-likeness (QED) is 0.842. The highest BCUT2D eigenvalue weighted by Gasteiger charge is 2.29. The predicted octanol–water partition coefficient (Wildman–Crippen LogP) is 1.81. The second-order valence-electron chi connectivity index (χ2n) is 5.51. The van der Waals surface area contributed by atoms with Crippen LogP contribution in [0.5, 0.6) is 5.75 Å². The summed E-state index contributed by atoms with van der Waals surface area (Å²) in [4.78, 5) is 35.8. The van der Waals surface area contributed by atoms with Crippen molar-refractivity contribution in [2.75, 3.05) is 18.5 Å². The van der Waals surface area contributed by atoms with Gasteiger partial charge in [-0.15, -0.1) is 0 Å². The summed E-state index contributed by atoms with van der Waals surface area (Å²) < 4.78 is 5.53. The van der Waals surface area contributed by atoms with Gasteiger partial charge in [0.25, 0.3) is 0 Å². The number of nitrogens with zero attached hydrogens (tertiary/aromatic N) is 1. The normalized spacial score (nSPS) is 15.8. The molecule has 0 unspecified atom stereocenters. The van der Waals surface area contributed by atoms with Gasteiger partial charge in [-0.1, -0.05) is 6.92 Å². The van der Waals surface area contributed by atoms with Gasteiger partial charge in [-0.3, -0.25) is 19.3 Å². The van der Waals surface area contributed by atoms with Crippen molar-refractivity contribution in [3.8, 4) is 5.75 Å². The zero-order valence-corrected chi connectivity index (χ0v) is 12.8. The number of carbonyl (C=O) groups excluding carboxylic acids is 3.